The Bertz CT molecular complexity index is 564. The molecule has 1 aromatic carbocycles. The standard InChI is InChI=1S/C19H26N2O2/c1-19(2,14-20)18(22)21-12-10-16(11-13-21)5-4-15-6-8-17(23-3)9-7-15/h6-9,16H,4-5,10-13H2,1-3H3. The van der Waals surface area contributed by atoms with Gasteiger partial charge in [0, 0.05) is 13.1 Å². The number of piperidine rings is 1. The van der Waals surface area contributed by atoms with Crippen LogP contribution in [0.3, 0.4) is 0 Å². The number of rotatable bonds is 5. The minimum absolute atomic E-state index is 0.0337. The van der Waals surface area contributed by atoms with Crippen LogP contribution in [0.5, 0.6) is 5.75 Å². The van der Waals surface area contributed by atoms with Crippen molar-refractivity contribution in [1.29, 1.82) is 5.26 Å². The van der Waals surface area contributed by atoms with E-state index in [1.54, 1.807) is 21.0 Å². The highest BCUT2D eigenvalue weighted by Crippen LogP contribution is 2.26. The molecule has 0 aliphatic carbocycles. The number of carbonyl (C=O) groups is 1. The van der Waals surface area contributed by atoms with Crippen LogP contribution in [0.15, 0.2) is 24.3 Å². The Balaban J connectivity index is 1.78. The fourth-order valence-electron chi connectivity index (χ4n) is 3.03. The predicted octanol–water partition coefficient (Wildman–Crippen LogP) is 3.42. The summed E-state index contributed by atoms with van der Waals surface area (Å²) in [7, 11) is 1.68. The highest BCUT2D eigenvalue weighted by molar-refractivity contribution is 5.84. The van der Waals surface area contributed by atoms with Crippen LogP contribution in [0.4, 0.5) is 0 Å². The molecule has 124 valence electrons. The average Bonchev–Trinajstić information content (AvgIpc) is 2.60. The Morgan fingerprint density at radius 1 is 1.30 bits per heavy atom. The topological polar surface area (TPSA) is 53.3 Å². The van der Waals surface area contributed by atoms with E-state index in [2.05, 4.69) is 18.2 Å². The number of aryl methyl sites for hydroxylation is 1. The number of likely N-dealkylation sites (tertiary alicyclic amines) is 1. The van der Waals surface area contributed by atoms with Gasteiger partial charge < -0.3 is 9.64 Å². The molecule has 1 aliphatic rings. The summed E-state index contributed by atoms with van der Waals surface area (Å²) in [5.41, 5.74) is 0.422. The average molecular weight is 314 g/mol. The summed E-state index contributed by atoms with van der Waals surface area (Å²) in [5, 5.41) is 9.09. The molecule has 0 spiro atoms. The number of nitriles is 1. The minimum Gasteiger partial charge on any atom is -0.497 e. The molecule has 1 amide bonds. The van der Waals surface area contributed by atoms with Crippen LogP contribution in [0.1, 0.15) is 38.7 Å². The lowest BCUT2D eigenvalue weighted by Crippen LogP contribution is -2.44. The second kappa shape index (κ2) is 7.50. The summed E-state index contributed by atoms with van der Waals surface area (Å²) < 4.78 is 5.17. The molecule has 0 unspecified atom stereocenters. The van der Waals surface area contributed by atoms with Crippen molar-refractivity contribution in [3.05, 3.63) is 29.8 Å². The number of hydrogen-bond acceptors (Lipinski definition) is 3. The summed E-state index contributed by atoms with van der Waals surface area (Å²) in [6.07, 6.45) is 4.27. The molecule has 0 radical (unpaired) electrons. The van der Waals surface area contributed by atoms with E-state index in [-0.39, 0.29) is 5.91 Å². The van der Waals surface area contributed by atoms with Crippen molar-refractivity contribution < 1.29 is 9.53 Å². The molecule has 0 aromatic heterocycles. The molecule has 1 aliphatic heterocycles. The molecule has 4 heteroatoms. The van der Waals surface area contributed by atoms with Crippen LogP contribution in [0.2, 0.25) is 0 Å². The maximum Gasteiger partial charge on any atom is 0.242 e. The van der Waals surface area contributed by atoms with Gasteiger partial charge in [0.2, 0.25) is 5.91 Å². The van der Waals surface area contributed by atoms with Crippen LogP contribution in [0, 0.1) is 22.7 Å². The van der Waals surface area contributed by atoms with E-state index in [1.807, 2.05) is 17.0 Å². The van der Waals surface area contributed by atoms with Crippen LogP contribution < -0.4 is 4.74 Å². The quantitative estimate of drug-likeness (QED) is 0.837. The molecule has 23 heavy (non-hydrogen) atoms. The molecule has 0 atom stereocenters. The van der Waals surface area contributed by atoms with E-state index >= 15 is 0 Å². The zero-order chi connectivity index (χ0) is 16.9. The number of nitrogens with zero attached hydrogens (tertiary/aromatic N) is 2. The number of methoxy groups -OCH3 is 1. The van der Waals surface area contributed by atoms with Crippen LogP contribution >= 0.6 is 0 Å². The lowest BCUT2D eigenvalue weighted by molar-refractivity contribution is -0.139. The Morgan fingerprint density at radius 2 is 1.91 bits per heavy atom. The van der Waals surface area contributed by atoms with Gasteiger partial charge in [-0.05, 0) is 63.1 Å². The van der Waals surface area contributed by atoms with Gasteiger partial charge in [0.25, 0.3) is 0 Å². The fourth-order valence-corrected chi connectivity index (χ4v) is 3.03. The maximum absolute atomic E-state index is 12.3. The molecule has 4 nitrogen and oxygen atoms in total. The summed E-state index contributed by atoms with van der Waals surface area (Å²) in [6.45, 7) is 4.95. The van der Waals surface area contributed by atoms with Crippen LogP contribution in [-0.2, 0) is 11.2 Å². The molecule has 1 heterocycles. The second-order valence-electron chi connectivity index (χ2n) is 6.86. The number of benzene rings is 1. The number of ether oxygens (including phenoxy) is 1. The molecule has 0 N–H and O–H groups in total. The van der Waals surface area contributed by atoms with Gasteiger partial charge in [-0.3, -0.25) is 4.79 Å². The Labute approximate surface area is 139 Å². The molecular formula is C19H26N2O2. The van der Waals surface area contributed by atoms with Crippen molar-refractivity contribution >= 4 is 5.91 Å². The summed E-state index contributed by atoms with van der Waals surface area (Å²) >= 11 is 0. The van der Waals surface area contributed by atoms with E-state index in [0.717, 1.165) is 44.5 Å². The maximum atomic E-state index is 12.3. The fraction of sp³-hybridized carbons (Fsp3) is 0.579. The van der Waals surface area contributed by atoms with Crippen molar-refractivity contribution in [3.63, 3.8) is 0 Å². The van der Waals surface area contributed by atoms with E-state index in [1.165, 1.54) is 5.56 Å². The van der Waals surface area contributed by atoms with Gasteiger partial charge in [-0.15, -0.1) is 0 Å². The van der Waals surface area contributed by atoms with E-state index < -0.39 is 5.41 Å². The lowest BCUT2D eigenvalue weighted by atomic mass is 9.88. The Kier molecular flexibility index (Phi) is 5.65. The smallest absolute Gasteiger partial charge is 0.242 e. The first-order chi connectivity index (χ1) is 11.0. The minimum atomic E-state index is -0.907. The molecular weight excluding hydrogens is 288 g/mol. The van der Waals surface area contributed by atoms with Crippen molar-refractivity contribution in [2.45, 2.75) is 39.5 Å². The predicted molar refractivity (Wildman–Crippen MR) is 90.0 cm³/mol. The van der Waals surface area contributed by atoms with Crippen LogP contribution in [0.25, 0.3) is 0 Å². The van der Waals surface area contributed by atoms with Gasteiger partial charge in [0.05, 0.1) is 13.2 Å². The first kappa shape index (κ1) is 17.3. The van der Waals surface area contributed by atoms with Crippen molar-refractivity contribution in [3.8, 4) is 11.8 Å². The lowest BCUT2D eigenvalue weighted by Gasteiger charge is -2.34. The van der Waals surface area contributed by atoms with Gasteiger partial charge >= 0.3 is 0 Å². The largest absolute Gasteiger partial charge is 0.497 e. The molecule has 1 saturated heterocycles. The monoisotopic (exact) mass is 314 g/mol. The first-order valence-electron chi connectivity index (χ1n) is 8.30. The van der Waals surface area contributed by atoms with Gasteiger partial charge in [-0.1, -0.05) is 12.1 Å². The SMILES string of the molecule is COc1ccc(CCC2CCN(C(=O)C(C)(C)C#N)CC2)cc1. The van der Waals surface area contributed by atoms with Crippen molar-refractivity contribution in [2.75, 3.05) is 20.2 Å². The summed E-state index contributed by atoms with van der Waals surface area (Å²) in [4.78, 5) is 14.1. The summed E-state index contributed by atoms with van der Waals surface area (Å²) in [6, 6.07) is 10.3. The van der Waals surface area contributed by atoms with Gasteiger partial charge in [-0.25, -0.2) is 0 Å². The zero-order valence-electron chi connectivity index (χ0n) is 14.3. The first-order valence-corrected chi connectivity index (χ1v) is 8.30. The molecule has 2 rings (SSSR count). The molecule has 1 fully saturated rings. The summed E-state index contributed by atoms with van der Waals surface area (Å²) in [5.74, 6) is 1.51. The zero-order valence-corrected chi connectivity index (χ0v) is 14.3. The van der Waals surface area contributed by atoms with E-state index in [4.69, 9.17) is 10.00 Å². The molecule has 0 saturated carbocycles. The Morgan fingerprint density at radius 3 is 2.43 bits per heavy atom. The number of amides is 1. The van der Waals surface area contributed by atoms with E-state index in [9.17, 15) is 4.79 Å². The highest BCUT2D eigenvalue weighted by Gasteiger charge is 2.33. The number of hydrogen-bond donors (Lipinski definition) is 0. The molecule has 0 bridgehead atoms. The highest BCUT2D eigenvalue weighted by atomic mass is 16.5. The van der Waals surface area contributed by atoms with E-state index in [0.29, 0.717) is 5.92 Å². The second-order valence-corrected chi connectivity index (χ2v) is 6.86. The Hall–Kier alpha value is -2.02. The van der Waals surface area contributed by atoms with Gasteiger partial charge in [0.1, 0.15) is 11.2 Å². The third-order valence-corrected chi connectivity index (χ3v) is 4.72. The van der Waals surface area contributed by atoms with Crippen LogP contribution in [-0.4, -0.2) is 31.0 Å². The van der Waals surface area contributed by atoms with Crippen molar-refractivity contribution in [1.82, 2.24) is 4.90 Å². The third kappa shape index (κ3) is 4.48. The van der Waals surface area contributed by atoms with Crippen molar-refractivity contribution in [2.24, 2.45) is 11.3 Å². The normalized spacial score (nSPS) is 16.0. The third-order valence-electron chi connectivity index (χ3n) is 4.72. The number of carbonyl (C=O) groups excluding carboxylic acids is 1. The van der Waals surface area contributed by atoms with Gasteiger partial charge in [-0.2, -0.15) is 5.26 Å². The van der Waals surface area contributed by atoms with Gasteiger partial charge in [0.15, 0.2) is 0 Å². The molecule has 1 aromatic rings.